The number of anilines is 1. The number of Topliss-reactive ketones (excluding diaryl/α,β-unsaturated/α-hetero) is 1. The molecule has 0 amide bonds. The van der Waals surface area contributed by atoms with Gasteiger partial charge in [0.1, 0.15) is 9.88 Å². The third-order valence-corrected chi connectivity index (χ3v) is 3.51. The molecule has 0 aliphatic rings. The predicted molar refractivity (Wildman–Crippen MR) is 68.9 cm³/mol. The summed E-state index contributed by atoms with van der Waals surface area (Å²) in [5, 5.41) is 9.49. The molecule has 2 aromatic rings. The number of aromatic nitrogens is 1. The van der Waals surface area contributed by atoms with Crippen LogP contribution in [0.3, 0.4) is 0 Å². The van der Waals surface area contributed by atoms with E-state index in [1.54, 1.807) is 24.3 Å². The molecule has 2 rings (SSSR count). The van der Waals surface area contributed by atoms with E-state index in [-0.39, 0.29) is 16.4 Å². The Labute approximate surface area is 107 Å². The summed E-state index contributed by atoms with van der Waals surface area (Å²) in [6.07, 6.45) is 0. The van der Waals surface area contributed by atoms with Crippen molar-refractivity contribution < 1.29 is 14.7 Å². The van der Waals surface area contributed by atoms with Gasteiger partial charge in [0.2, 0.25) is 0 Å². The van der Waals surface area contributed by atoms with Crippen molar-refractivity contribution in [3.05, 3.63) is 34.8 Å². The molecule has 6 heteroatoms. The molecule has 0 radical (unpaired) electrons. The van der Waals surface area contributed by atoms with Gasteiger partial charge in [0.05, 0.1) is 0 Å². The summed E-state index contributed by atoms with van der Waals surface area (Å²) in [5.41, 5.74) is 6.73. The Morgan fingerprint density at radius 3 is 2.33 bits per heavy atom. The van der Waals surface area contributed by atoms with Gasteiger partial charge in [-0.3, -0.25) is 4.79 Å². The van der Waals surface area contributed by atoms with Gasteiger partial charge in [-0.1, -0.05) is 0 Å². The minimum atomic E-state index is -1.20. The Balaban J connectivity index is 2.53. The minimum Gasteiger partial charge on any atom is -0.476 e. The Bertz CT molecular complexity index is 585. The van der Waals surface area contributed by atoms with Crippen LogP contribution in [0.2, 0.25) is 0 Å². The number of ketones is 1. The van der Waals surface area contributed by atoms with Gasteiger partial charge in [0, 0.05) is 18.2 Å². The zero-order valence-electron chi connectivity index (χ0n) is 9.51. The van der Waals surface area contributed by atoms with E-state index >= 15 is 0 Å². The van der Waals surface area contributed by atoms with Gasteiger partial charge < -0.3 is 10.8 Å². The largest absolute Gasteiger partial charge is 0.476 e. The lowest BCUT2D eigenvalue weighted by Gasteiger charge is -1.96. The lowest BCUT2D eigenvalue weighted by atomic mass is 10.2. The highest BCUT2D eigenvalue weighted by Gasteiger charge is 2.20. The van der Waals surface area contributed by atoms with E-state index < -0.39 is 5.97 Å². The Kier molecular flexibility index (Phi) is 3.12. The maximum Gasteiger partial charge on any atom is 0.356 e. The number of thiazole rings is 1. The first kappa shape index (κ1) is 12.3. The van der Waals surface area contributed by atoms with Crippen LogP contribution in [-0.2, 0) is 0 Å². The third kappa shape index (κ3) is 2.23. The molecular formula is C12H10N2O3S. The van der Waals surface area contributed by atoms with E-state index in [9.17, 15) is 9.59 Å². The summed E-state index contributed by atoms with van der Waals surface area (Å²) >= 11 is 1.07. The number of carboxylic acid groups (broad SMARTS) is 1. The van der Waals surface area contributed by atoms with Crippen LogP contribution in [0.5, 0.6) is 0 Å². The Hall–Kier alpha value is -2.21. The van der Waals surface area contributed by atoms with Crippen molar-refractivity contribution in [1.82, 2.24) is 4.98 Å². The average molecular weight is 262 g/mol. The molecule has 18 heavy (non-hydrogen) atoms. The highest BCUT2D eigenvalue weighted by atomic mass is 32.1. The smallest absolute Gasteiger partial charge is 0.356 e. The van der Waals surface area contributed by atoms with Crippen molar-refractivity contribution >= 4 is 28.8 Å². The van der Waals surface area contributed by atoms with Gasteiger partial charge >= 0.3 is 5.97 Å². The maximum absolute atomic E-state index is 11.4. The first-order valence-corrected chi connectivity index (χ1v) is 5.91. The monoisotopic (exact) mass is 262 g/mol. The van der Waals surface area contributed by atoms with Gasteiger partial charge in [-0.15, -0.1) is 11.3 Å². The van der Waals surface area contributed by atoms with Crippen LogP contribution in [-0.4, -0.2) is 21.8 Å². The van der Waals surface area contributed by atoms with Crippen LogP contribution in [0.1, 0.15) is 27.1 Å². The number of nitrogens with zero attached hydrogens (tertiary/aromatic N) is 1. The Morgan fingerprint density at radius 1 is 1.28 bits per heavy atom. The molecular weight excluding hydrogens is 252 g/mol. The van der Waals surface area contributed by atoms with Crippen LogP contribution in [0.15, 0.2) is 24.3 Å². The SMILES string of the molecule is CC(=O)c1sc(-c2ccc(N)cc2)nc1C(=O)O. The summed E-state index contributed by atoms with van der Waals surface area (Å²) in [4.78, 5) is 26.5. The number of nitrogens with two attached hydrogens (primary N) is 1. The third-order valence-electron chi connectivity index (χ3n) is 2.31. The predicted octanol–water partition coefficient (Wildman–Crippen LogP) is 2.29. The molecule has 0 aliphatic carbocycles. The van der Waals surface area contributed by atoms with Gasteiger partial charge in [-0.25, -0.2) is 9.78 Å². The van der Waals surface area contributed by atoms with Crippen LogP contribution in [0.25, 0.3) is 10.6 Å². The van der Waals surface area contributed by atoms with Crippen LogP contribution >= 0.6 is 11.3 Å². The second kappa shape index (κ2) is 4.58. The summed E-state index contributed by atoms with van der Waals surface area (Å²) < 4.78 is 0. The maximum atomic E-state index is 11.4. The zero-order chi connectivity index (χ0) is 13.3. The molecule has 0 fully saturated rings. The molecule has 0 spiro atoms. The van der Waals surface area contributed by atoms with Crippen molar-refractivity contribution in [2.75, 3.05) is 5.73 Å². The first-order chi connectivity index (χ1) is 8.49. The fourth-order valence-corrected chi connectivity index (χ4v) is 2.41. The van der Waals surface area contributed by atoms with E-state index in [2.05, 4.69) is 4.98 Å². The molecule has 0 aliphatic heterocycles. The van der Waals surface area contributed by atoms with Gasteiger partial charge in [-0.2, -0.15) is 0 Å². The molecule has 0 saturated carbocycles. The molecule has 3 N–H and O–H groups in total. The summed E-state index contributed by atoms with van der Waals surface area (Å²) in [5.74, 6) is -1.50. The fraction of sp³-hybridized carbons (Fsp3) is 0.0833. The van der Waals surface area contributed by atoms with E-state index in [1.807, 2.05) is 0 Å². The van der Waals surface area contributed by atoms with Crippen molar-refractivity contribution in [3.63, 3.8) is 0 Å². The summed E-state index contributed by atoms with van der Waals surface area (Å²) in [6, 6.07) is 6.88. The highest BCUT2D eigenvalue weighted by Crippen LogP contribution is 2.29. The standard InChI is InChI=1S/C12H10N2O3S/c1-6(15)10-9(12(16)17)14-11(18-10)7-2-4-8(13)5-3-7/h2-5H,13H2,1H3,(H,16,17). The molecule has 5 nitrogen and oxygen atoms in total. The number of carbonyl (C=O) groups is 2. The number of hydrogen-bond donors (Lipinski definition) is 2. The number of benzene rings is 1. The fourth-order valence-electron chi connectivity index (χ4n) is 1.45. The number of hydrogen-bond acceptors (Lipinski definition) is 5. The van der Waals surface area contributed by atoms with E-state index in [0.29, 0.717) is 10.7 Å². The number of aromatic carboxylic acids is 1. The lowest BCUT2D eigenvalue weighted by molar-refractivity contribution is 0.0687. The number of carbonyl (C=O) groups excluding carboxylic acids is 1. The molecule has 0 bridgehead atoms. The van der Waals surface area contributed by atoms with Crippen LogP contribution in [0, 0.1) is 0 Å². The van der Waals surface area contributed by atoms with E-state index in [1.165, 1.54) is 6.92 Å². The van der Waals surface area contributed by atoms with Gasteiger partial charge in [0.15, 0.2) is 11.5 Å². The Morgan fingerprint density at radius 2 is 1.89 bits per heavy atom. The van der Waals surface area contributed by atoms with Crippen molar-refractivity contribution in [2.45, 2.75) is 6.92 Å². The first-order valence-electron chi connectivity index (χ1n) is 5.10. The number of nitrogen functional groups attached to an aromatic ring is 1. The molecule has 92 valence electrons. The normalized spacial score (nSPS) is 10.3. The van der Waals surface area contributed by atoms with Gasteiger partial charge in [-0.05, 0) is 24.3 Å². The lowest BCUT2D eigenvalue weighted by Crippen LogP contribution is -2.03. The quantitative estimate of drug-likeness (QED) is 0.654. The highest BCUT2D eigenvalue weighted by molar-refractivity contribution is 7.17. The number of rotatable bonds is 3. The van der Waals surface area contributed by atoms with Crippen molar-refractivity contribution in [3.8, 4) is 10.6 Å². The number of carboxylic acids is 1. The minimum absolute atomic E-state index is 0.161. The van der Waals surface area contributed by atoms with Crippen molar-refractivity contribution in [2.24, 2.45) is 0 Å². The average Bonchev–Trinajstić information content (AvgIpc) is 2.75. The molecule has 1 aromatic heterocycles. The summed E-state index contributed by atoms with van der Waals surface area (Å²) in [7, 11) is 0. The van der Waals surface area contributed by atoms with E-state index in [0.717, 1.165) is 16.9 Å². The second-order valence-corrected chi connectivity index (χ2v) is 4.68. The molecule has 0 unspecified atom stereocenters. The topological polar surface area (TPSA) is 93.3 Å². The molecule has 1 aromatic carbocycles. The molecule has 1 heterocycles. The van der Waals surface area contributed by atoms with E-state index in [4.69, 9.17) is 10.8 Å². The van der Waals surface area contributed by atoms with Crippen LogP contribution < -0.4 is 5.73 Å². The summed E-state index contributed by atoms with van der Waals surface area (Å²) in [6.45, 7) is 1.33. The second-order valence-electron chi connectivity index (χ2n) is 3.68. The zero-order valence-corrected chi connectivity index (χ0v) is 10.3. The van der Waals surface area contributed by atoms with Gasteiger partial charge in [0.25, 0.3) is 0 Å². The molecule has 0 atom stereocenters. The molecule has 0 saturated heterocycles. The van der Waals surface area contributed by atoms with Crippen LogP contribution in [0.4, 0.5) is 5.69 Å². The van der Waals surface area contributed by atoms with Crippen molar-refractivity contribution in [1.29, 1.82) is 0 Å².